The molecule has 0 radical (unpaired) electrons. The lowest BCUT2D eigenvalue weighted by molar-refractivity contribution is 0.148. The highest BCUT2D eigenvalue weighted by atomic mass is 15.2. The summed E-state index contributed by atoms with van der Waals surface area (Å²) in [6.45, 7) is 5.45. The van der Waals surface area contributed by atoms with E-state index in [2.05, 4.69) is 57.1 Å². The van der Waals surface area contributed by atoms with Gasteiger partial charge in [-0.15, -0.1) is 0 Å². The zero-order valence-corrected chi connectivity index (χ0v) is 14.0. The van der Waals surface area contributed by atoms with Crippen LogP contribution in [0.4, 0.5) is 0 Å². The average Bonchev–Trinajstić information content (AvgIpc) is 2.64. The van der Waals surface area contributed by atoms with Crippen LogP contribution in [0.3, 0.4) is 0 Å². The van der Waals surface area contributed by atoms with E-state index >= 15 is 0 Å². The highest BCUT2D eigenvalue weighted by Gasteiger charge is 2.16. The summed E-state index contributed by atoms with van der Waals surface area (Å²) in [5.74, 6) is 0. The Morgan fingerprint density at radius 1 is 0.917 bits per heavy atom. The van der Waals surface area contributed by atoms with Crippen molar-refractivity contribution in [2.75, 3.05) is 33.2 Å². The van der Waals surface area contributed by atoms with E-state index < -0.39 is 0 Å². The largest absolute Gasteiger partial charge is 0.304 e. The molecular formula is C20H22N4. The molecule has 3 heterocycles. The molecular weight excluding hydrogens is 296 g/mol. The molecule has 4 heteroatoms. The third-order valence-corrected chi connectivity index (χ3v) is 4.76. The standard InChI is InChI=1S/C20H22N4/c1-23-10-12-24(13-11-23)15-18-5-3-9-22-20(18)17-7-6-16-4-2-8-21-19(16)14-17/h2-9,14H,10-13,15H2,1H3. The molecule has 0 atom stereocenters. The fourth-order valence-corrected chi connectivity index (χ4v) is 3.29. The van der Waals surface area contributed by atoms with Crippen molar-refractivity contribution in [2.45, 2.75) is 6.54 Å². The average molecular weight is 318 g/mol. The van der Waals surface area contributed by atoms with Crippen molar-refractivity contribution in [1.29, 1.82) is 0 Å². The van der Waals surface area contributed by atoms with Crippen LogP contribution in [-0.2, 0) is 6.54 Å². The molecule has 24 heavy (non-hydrogen) atoms. The van der Waals surface area contributed by atoms with Crippen molar-refractivity contribution in [3.05, 3.63) is 60.4 Å². The maximum Gasteiger partial charge on any atom is 0.0747 e. The molecule has 0 unspecified atom stereocenters. The summed E-state index contributed by atoms with van der Waals surface area (Å²) in [6, 6.07) is 14.7. The lowest BCUT2D eigenvalue weighted by Crippen LogP contribution is -2.43. The minimum absolute atomic E-state index is 0.956. The third kappa shape index (κ3) is 3.16. The summed E-state index contributed by atoms with van der Waals surface area (Å²) < 4.78 is 0. The van der Waals surface area contributed by atoms with E-state index in [1.165, 1.54) is 5.56 Å². The third-order valence-electron chi connectivity index (χ3n) is 4.76. The number of nitrogens with zero attached hydrogens (tertiary/aromatic N) is 4. The van der Waals surface area contributed by atoms with Gasteiger partial charge in [0.05, 0.1) is 11.2 Å². The Morgan fingerprint density at radius 3 is 2.58 bits per heavy atom. The van der Waals surface area contributed by atoms with Crippen LogP contribution in [-0.4, -0.2) is 53.0 Å². The van der Waals surface area contributed by atoms with Crippen molar-refractivity contribution in [3.63, 3.8) is 0 Å². The number of likely N-dealkylation sites (N-methyl/N-ethyl adjacent to an activating group) is 1. The Labute approximate surface area is 142 Å². The predicted molar refractivity (Wildman–Crippen MR) is 97.7 cm³/mol. The molecule has 1 saturated heterocycles. The van der Waals surface area contributed by atoms with Gasteiger partial charge in [-0.1, -0.05) is 24.3 Å². The summed E-state index contributed by atoms with van der Waals surface area (Å²) in [4.78, 5) is 14.0. The zero-order chi connectivity index (χ0) is 16.4. The fraction of sp³-hybridized carbons (Fsp3) is 0.300. The summed E-state index contributed by atoms with van der Waals surface area (Å²) in [5.41, 5.74) is 4.53. The van der Waals surface area contributed by atoms with E-state index in [0.717, 1.165) is 54.9 Å². The highest BCUT2D eigenvalue weighted by Crippen LogP contribution is 2.25. The monoisotopic (exact) mass is 318 g/mol. The molecule has 4 rings (SSSR count). The topological polar surface area (TPSA) is 32.3 Å². The van der Waals surface area contributed by atoms with E-state index in [-0.39, 0.29) is 0 Å². The minimum atomic E-state index is 0.956. The Kier molecular flexibility index (Phi) is 4.24. The first kappa shape index (κ1) is 15.2. The lowest BCUT2D eigenvalue weighted by Gasteiger charge is -2.32. The minimum Gasteiger partial charge on any atom is -0.304 e. The second-order valence-electron chi connectivity index (χ2n) is 6.50. The predicted octanol–water partition coefficient (Wildman–Crippen LogP) is 3.04. The number of hydrogen-bond acceptors (Lipinski definition) is 4. The molecule has 1 fully saturated rings. The van der Waals surface area contributed by atoms with Gasteiger partial charge in [0.1, 0.15) is 0 Å². The van der Waals surface area contributed by atoms with Gasteiger partial charge in [-0.05, 0) is 30.8 Å². The normalized spacial score (nSPS) is 16.5. The number of benzene rings is 1. The van der Waals surface area contributed by atoms with Crippen molar-refractivity contribution >= 4 is 10.9 Å². The lowest BCUT2D eigenvalue weighted by atomic mass is 10.0. The molecule has 4 nitrogen and oxygen atoms in total. The van der Waals surface area contributed by atoms with Gasteiger partial charge in [-0.2, -0.15) is 0 Å². The maximum atomic E-state index is 4.67. The number of aromatic nitrogens is 2. The van der Waals surface area contributed by atoms with Gasteiger partial charge in [0, 0.05) is 56.1 Å². The quantitative estimate of drug-likeness (QED) is 0.743. The van der Waals surface area contributed by atoms with E-state index in [9.17, 15) is 0 Å². The molecule has 1 aliphatic heterocycles. The molecule has 0 N–H and O–H groups in total. The van der Waals surface area contributed by atoms with E-state index in [1.54, 1.807) is 0 Å². The van der Waals surface area contributed by atoms with Gasteiger partial charge in [-0.25, -0.2) is 0 Å². The number of hydrogen-bond donors (Lipinski definition) is 0. The van der Waals surface area contributed by atoms with Crippen LogP contribution in [0, 0.1) is 0 Å². The van der Waals surface area contributed by atoms with E-state index in [0.29, 0.717) is 0 Å². The Bertz CT molecular complexity index is 838. The zero-order valence-electron chi connectivity index (χ0n) is 14.0. The van der Waals surface area contributed by atoms with E-state index in [1.807, 2.05) is 24.5 Å². The molecule has 2 aromatic heterocycles. The number of piperazine rings is 1. The van der Waals surface area contributed by atoms with Gasteiger partial charge in [0.25, 0.3) is 0 Å². The van der Waals surface area contributed by atoms with Crippen LogP contribution in [0.15, 0.2) is 54.9 Å². The smallest absolute Gasteiger partial charge is 0.0747 e. The SMILES string of the molecule is CN1CCN(Cc2cccnc2-c2ccc3cccnc3c2)CC1. The second-order valence-corrected chi connectivity index (χ2v) is 6.50. The second kappa shape index (κ2) is 6.67. The molecule has 1 aromatic carbocycles. The first-order valence-corrected chi connectivity index (χ1v) is 8.49. The maximum absolute atomic E-state index is 4.67. The van der Waals surface area contributed by atoms with Crippen LogP contribution in [0.5, 0.6) is 0 Å². The molecule has 0 saturated carbocycles. The van der Waals surface area contributed by atoms with Crippen LogP contribution in [0.2, 0.25) is 0 Å². The Hall–Kier alpha value is -2.30. The number of fused-ring (bicyclic) bond motifs is 1. The molecule has 0 spiro atoms. The van der Waals surface area contributed by atoms with Crippen LogP contribution < -0.4 is 0 Å². The Morgan fingerprint density at radius 2 is 1.71 bits per heavy atom. The fourth-order valence-electron chi connectivity index (χ4n) is 3.29. The van der Waals surface area contributed by atoms with Crippen LogP contribution in [0.25, 0.3) is 22.2 Å². The van der Waals surface area contributed by atoms with Gasteiger partial charge in [-0.3, -0.25) is 14.9 Å². The number of rotatable bonds is 3. The molecule has 1 aliphatic rings. The van der Waals surface area contributed by atoms with Gasteiger partial charge >= 0.3 is 0 Å². The summed E-state index contributed by atoms with van der Waals surface area (Å²) >= 11 is 0. The van der Waals surface area contributed by atoms with Gasteiger partial charge in [0.2, 0.25) is 0 Å². The molecule has 3 aromatic rings. The van der Waals surface area contributed by atoms with Crippen LogP contribution in [0.1, 0.15) is 5.56 Å². The van der Waals surface area contributed by atoms with Gasteiger partial charge in [0.15, 0.2) is 0 Å². The first-order chi connectivity index (χ1) is 11.8. The summed E-state index contributed by atoms with van der Waals surface area (Å²) in [6.07, 6.45) is 3.72. The van der Waals surface area contributed by atoms with Crippen molar-refractivity contribution in [2.24, 2.45) is 0 Å². The molecule has 0 bridgehead atoms. The molecule has 0 aliphatic carbocycles. The van der Waals surface area contributed by atoms with E-state index in [4.69, 9.17) is 0 Å². The van der Waals surface area contributed by atoms with Crippen molar-refractivity contribution < 1.29 is 0 Å². The van der Waals surface area contributed by atoms with Crippen molar-refractivity contribution in [3.8, 4) is 11.3 Å². The number of pyridine rings is 2. The van der Waals surface area contributed by atoms with Crippen LogP contribution >= 0.6 is 0 Å². The summed E-state index contributed by atoms with van der Waals surface area (Å²) in [5, 5.41) is 1.16. The Balaban J connectivity index is 1.65. The first-order valence-electron chi connectivity index (χ1n) is 8.49. The molecule has 122 valence electrons. The van der Waals surface area contributed by atoms with Crippen molar-refractivity contribution in [1.82, 2.24) is 19.8 Å². The summed E-state index contributed by atoms with van der Waals surface area (Å²) in [7, 11) is 2.19. The molecule has 0 amide bonds. The highest BCUT2D eigenvalue weighted by molar-refractivity contribution is 5.83. The van der Waals surface area contributed by atoms with Gasteiger partial charge < -0.3 is 4.90 Å².